The Morgan fingerprint density at radius 1 is 1.47 bits per heavy atom. The molecule has 1 heterocycles. The Kier molecular flexibility index (Phi) is 3.37. The highest BCUT2D eigenvalue weighted by atomic mass is 16.2. The number of hydrogen-bond acceptors (Lipinski definition) is 4. The normalized spacial score (nSPS) is 9.80. The van der Waals surface area contributed by atoms with Crippen molar-refractivity contribution in [2.24, 2.45) is 0 Å². The average molecular weight is 211 g/mol. The fraction of sp³-hybridized carbons (Fsp3) is 0.500. The van der Waals surface area contributed by atoms with Gasteiger partial charge in [0.15, 0.2) is 0 Å². The standard InChI is InChI=1S/C8H13N5O2/c1-5-10-7(12-11-5)8(15)9-4-6(14)13(2)3/h4H2,1-3H3,(H,9,15)(H,10,11,12). The van der Waals surface area contributed by atoms with E-state index in [9.17, 15) is 9.59 Å². The maximum Gasteiger partial charge on any atom is 0.291 e. The first-order chi connectivity index (χ1) is 7.00. The first-order valence-corrected chi connectivity index (χ1v) is 4.38. The number of nitrogens with one attached hydrogen (secondary N) is 2. The fourth-order valence-corrected chi connectivity index (χ4v) is 0.837. The van der Waals surface area contributed by atoms with Gasteiger partial charge >= 0.3 is 0 Å². The minimum Gasteiger partial charge on any atom is -0.347 e. The van der Waals surface area contributed by atoms with Crippen LogP contribution < -0.4 is 5.32 Å². The number of aryl methyl sites for hydroxylation is 1. The molecule has 0 aliphatic carbocycles. The summed E-state index contributed by atoms with van der Waals surface area (Å²) >= 11 is 0. The van der Waals surface area contributed by atoms with Gasteiger partial charge < -0.3 is 10.2 Å². The number of amides is 2. The average Bonchev–Trinajstić information content (AvgIpc) is 2.60. The Labute approximate surface area is 86.9 Å². The van der Waals surface area contributed by atoms with Crippen LogP contribution >= 0.6 is 0 Å². The maximum absolute atomic E-state index is 11.4. The number of hydrogen-bond donors (Lipinski definition) is 2. The van der Waals surface area contributed by atoms with Crippen LogP contribution in [0.5, 0.6) is 0 Å². The molecule has 7 heteroatoms. The second-order valence-corrected chi connectivity index (χ2v) is 3.22. The summed E-state index contributed by atoms with van der Waals surface area (Å²) in [5, 5.41) is 8.63. The number of carbonyl (C=O) groups excluding carboxylic acids is 2. The minimum absolute atomic E-state index is 0.0408. The molecule has 0 aliphatic heterocycles. The van der Waals surface area contributed by atoms with Crippen molar-refractivity contribution in [1.29, 1.82) is 0 Å². The molecule has 82 valence electrons. The predicted molar refractivity (Wildman–Crippen MR) is 52.1 cm³/mol. The van der Waals surface area contributed by atoms with E-state index in [0.717, 1.165) is 0 Å². The van der Waals surface area contributed by atoms with Gasteiger partial charge in [0, 0.05) is 14.1 Å². The minimum atomic E-state index is -0.463. The zero-order valence-corrected chi connectivity index (χ0v) is 8.87. The Morgan fingerprint density at radius 2 is 2.13 bits per heavy atom. The van der Waals surface area contributed by atoms with E-state index in [1.807, 2.05) is 0 Å². The number of likely N-dealkylation sites (N-methyl/N-ethyl adjacent to an activating group) is 1. The molecule has 1 rings (SSSR count). The lowest BCUT2D eigenvalue weighted by Gasteiger charge is -2.09. The zero-order chi connectivity index (χ0) is 11.4. The molecule has 0 saturated carbocycles. The third-order valence-corrected chi connectivity index (χ3v) is 1.70. The summed E-state index contributed by atoms with van der Waals surface area (Å²) in [5.41, 5.74) is 0. The molecular formula is C8H13N5O2. The third-order valence-electron chi connectivity index (χ3n) is 1.70. The molecule has 15 heavy (non-hydrogen) atoms. The van der Waals surface area contributed by atoms with Crippen molar-refractivity contribution in [3.05, 3.63) is 11.6 Å². The van der Waals surface area contributed by atoms with Crippen molar-refractivity contribution in [3.63, 3.8) is 0 Å². The van der Waals surface area contributed by atoms with E-state index in [4.69, 9.17) is 0 Å². The highest BCUT2D eigenvalue weighted by molar-refractivity contribution is 5.93. The topological polar surface area (TPSA) is 91.0 Å². The third kappa shape index (κ3) is 3.04. The van der Waals surface area contributed by atoms with Crippen molar-refractivity contribution in [1.82, 2.24) is 25.4 Å². The van der Waals surface area contributed by atoms with E-state index in [2.05, 4.69) is 20.5 Å². The number of rotatable bonds is 3. The maximum atomic E-state index is 11.4. The van der Waals surface area contributed by atoms with Gasteiger partial charge in [0.25, 0.3) is 5.91 Å². The van der Waals surface area contributed by atoms with Gasteiger partial charge in [-0.3, -0.25) is 14.7 Å². The van der Waals surface area contributed by atoms with Crippen LogP contribution in [0.3, 0.4) is 0 Å². The van der Waals surface area contributed by atoms with Gasteiger partial charge in [0.1, 0.15) is 5.82 Å². The molecule has 0 spiro atoms. The van der Waals surface area contributed by atoms with E-state index in [-0.39, 0.29) is 18.3 Å². The van der Waals surface area contributed by atoms with Gasteiger partial charge in [0.2, 0.25) is 11.7 Å². The molecule has 0 atom stereocenters. The summed E-state index contributed by atoms with van der Waals surface area (Å²) in [7, 11) is 3.23. The highest BCUT2D eigenvalue weighted by Crippen LogP contribution is 1.90. The van der Waals surface area contributed by atoms with Gasteiger partial charge in [-0.05, 0) is 6.92 Å². The molecule has 0 aromatic carbocycles. The summed E-state index contributed by atoms with van der Waals surface area (Å²) in [6.07, 6.45) is 0. The van der Waals surface area contributed by atoms with E-state index in [1.54, 1.807) is 21.0 Å². The molecule has 0 bridgehead atoms. The summed E-state index contributed by atoms with van der Waals surface area (Å²) in [4.78, 5) is 27.7. The van der Waals surface area contributed by atoms with Gasteiger partial charge in [-0.25, -0.2) is 4.98 Å². The van der Waals surface area contributed by atoms with Crippen LogP contribution in [0.15, 0.2) is 0 Å². The molecule has 1 aromatic heterocycles. The molecule has 0 radical (unpaired) electrons. The highest BCUT2D eigenvalue weighted by Gasteiger charge is 2.12. The van der Waals surface area contributed by atoms with Crippen molar-refractivity contribution in [3.8, 4) is 0 Å². The predicted octanol–water partition coefficient (Wildman–Crippen LogP) is -1.07. The van der Waals surface area contributed by atoms with E-state index in [0.29, 0.717) is 5.82 Å². The summed E-state index contributed by atoms with van der Waals surface area (Å²) in [6, 6.07) is 0. The Hall–Kier alpha value is -1.92. The lowest BCUT2D eigenvalue weighted by molar-refractivity contribution is -0.127. The van der Waals surface area contributed by atoms with Crippen LogP contribution in [0.25, 0.3) is 0 Å². The molecule has 0 unspecified atom stereocenters. The van der Waals surface area contributed by atoms with Crippen molar-refractivity contribution in [2.45, 2.75) is 6.92 Å². The van der Waals surface area contributed by atoms with E-state index >= 15 is 0 Å². The molecule has 2 N–H and O–H groups in total. The zero-order valence-electron chi connectivity index (χ0n) is 8.87. The molecule has 0 saturated heterocycles. The largest absolute Gasteiger partial charge is 0.347 e. The van der Waals surface area contributed by atoms with Crippen molar-refractivity contribution < 1.29 is 9.59 Å². The van der Waals surface area contributed by atoms with Crippen LogP contribution in [0.2, 0.25) is 0 Å². The number of nitrogens with zero attached hydrogens (tertiary/aromatic N) is 3. The molecule has 7 nitrogen and oxygen atoms in total. The van der Waals surface area contributed by atoms with Gasteiger partial charge in [-0.15, -0.1) is 5.10 Å². The molecule has 1 aromatic rings. The quantitative estimate of drug-likeness (QED) is 0.666. The van der Waals surface area contributed by atoms with Crippen LogP contribution in [-0.4, -0.2) is 52.5 Å². The Bertz CT molecular complexity index is 371. The summed E-state index contributed by atoms with van der Waals surface area (Å²) < 4.78 is 0. The Morgan fingerprint density at radius 3 is 2.60 bits per heavy atom. The first kappa shape index (κ1) is 11.2. The lowest BCUT2D eigenvalue weighted by Crippen LogP contribution is -2.36. The summed E-state index contributed by atoms with van der Waals surface area (Å²) in [6.45, 7) is 1.63. The molecule has 0 fully saturated rings. The lowest BCUT2D eigenvalue weighted by atomic mass is 10.5. The number of aromatic amines is 1. The second-order valence-electron chi connectivity index (χ2n) is 3.22. The molecule has 0 aliphatic rings. The van der Waals surface area contributed by atoms with Crippen LogP contribution in [0.1, 0.15) is 16.4 Å². The molecular weight excluding hydrogens is 198 g/mol. The van der Waals surface area contributed by atoms with Gasteiger partial charge in [-0.2, -0.15) is 0 Å². The van der Waals surface area contributed by atoms with Crippen molar-refractivity contribution in [2.75, 3.05) is 20.6 Å². The number of carbonyl (C=O) groups is 2. The van der Waals surface area contributed by atoms with Crippen LogP contribution in [0, 0.1) is 6.92 Å². The first-order valence-electron chi connectivity index (χ1n) is 4.38. The summed E-state index contributed by atoms with van der Waals surface area (Å²) in [5.74, 6) is -0.0525. The van der Waals surface area contributed by atoms with Crippen LogP contribution in [-0.2, 0) is 4.79 Å². The second kappa shape index (κ2) is 4.54. The monoisotopic (exact) mass is 211 g/mol. The fourth-order valence-electron chi connectivity index (χ4n) is 0.837. The Balaban J connectivity index is 2.47. The SMILES string of the molecule is Cc1nc(C(=O)NCC(=O)N(C)C)n[nH]1. The van der Waals surface area contributed by atoms with Gasteiger partial charge in [0.05, 0.1) is 6.54 Å². The molecule has 2 amide bonds. The smallest absolute Gasteiger partial charge is 0.291 e. The van der Waals surface area contributed by atoms with E-state index < -0.39 is 5.91 Å². The number of H-pyrrole nitrogens is 1. The number of aromatic nitrogens is 3. The van der Waals surface area contributed by atoms with E-state index in [1.165, 1.54) is 4.90 Å². The van der Waals surface area contributed by atoms with Crippen molar-refractivity contribution >= 4 is 11.8 Å². The van der Waals surface area contributed by atoms with Crippen LogP contribution in [0.4, 0.5) is 0 Å². The van der Waals surface area contributed by atoms with Gasteiger partial charge in [-0.1, -0.05) is 0 Å².